The van der Waals surface area contributed by atoms with Gasteiger partial charge >= 0.3 is 0 Å². The maximum Gasteiger partial charge on any atom is 0.264 e. The van der Waals surface area contributed by atoms with Crippen molar-refractivity contribution >= 4 is 33.2 Å². The van der Waals surface area contributed by atoms with E-state index in [1.54, 1.807) is 36.4 Å². The number of benzene rings is 2. The third-order valence-electron chi connectivity index (χ3n) is 5.04. The molecule has 5 nitrogen and oxygen atoms in total. The number of amides is 1. The summed E-state index contributed by atoms with van der Waals surface area (Å²) in [5.41, 5.74) is 0.750. The van der Waals surface area contributed by atoms with Crippen molar-refractivity contribution in [3.05, 3.63) is 71.8 Å². The average Bonchev–Trinajstić information content (AvgIpc) is 3.56. The normalized spacial score (nSPS) is 13.7. The number of sulfonamides is 1. The summed E-state index contributed by atoms with van der Waals surface area (Å²) in [6.45, 7) is 7.16. The van der Waals surface area contributed by atoms with Gasteiger partial charge in [-0.25, -0.2) is 8.42 Å². The fourth-order valence-corrected chi connectivity index (χ4v) is 5.14. The van der Waals surface area contributed by atoms with E-state index in [0.29, 0.717) is 28.7 Å². The molecule has 0 radical (unpaired) electrons. The summed E-state index contributed by atoms with van der Waals surface area (Å²) in [5.74, 6) is 0.435. The standard InChI is InChI=1S/C23H27ClN2O3S/c1-3-14-25(17-18-12-13-18)23(27)19-8-7-9-20(16-19)30(28,29)26(15-4-2)22-11-6-5-10-21(22)24/h4-11,16,18H,2-3,12-15,17H2,1H3. The highest BCUT2D eigenvalue weighted by Crippen LogP contribution is 2.32. The smallest absolute Gasteiger partial charge is 0.264 e. The highest BCUT2D eigenvalue weighted by molar-refractivity contribution is 7.92. The lowest BCUT2D eigenvalue weighted by atomic mass is 10.2. The lowest BCUT2D eigenvalue weighted by molar-refractivity contribution is 0.0747. The van der Waals surface area contributed by atoms with Gasteiger partial charge in [0.1, 0.15) is 0 Å². The molecule has 0 heterocycles. The molecule has 1 aliphatic carbocycles. The Bertz CT molecular complexity index is 1020. The number of carbonyl (C=O) groups is 1. The summed E-state index contributed by atoms with van der Waals surface area (Å²) < 4.78 is 28.1. The van der Waals surface area contributed by atoms with E-state index in [1.165, 1.54) is 22.5 Å². The Hall–Kier alpha value is -2.31. The van der Waals surface area contributed by atoms with Crippen LogP contribution in [-0.4, -0.2) is 38.9 Å². The van der Waals surface area contributed by atoms with Crippen LogP contribution in [0.5, 0.6) is 0 Å². The first kappa shape index (κ1) is 22.4. The lowest BCUT2D eigenvalue weighted by Gasteiger charge is -2.25. The van der Waals surface area contributed by atoms with E-state index in [-0.39, 0.29) is 17.3 Å². The van der Waals surface area contributed by atoms with Gasteiger partial charge in [0.25, 0.3) is 15.9 Å². The van der Waals surface area contributed by atoms with Crippen LogP contribution < -0.4 is 4.31 Å². The first-order valence-corrected chi connectivity index (χ1v) is 12.0. The predicted octanol–water partition coefficient (Wildman–Crippen LogP) is 4.98. The fraction of sp³-hybridized carbons (Fsp3) is 0.348. The van der Waals surface area contributed by atoms with Crippen LogP contribution in [0.15, 0.2) is 66.1 Å². The van der Waals surface area contributed by atoms with Crippen molar-refractivity contribution in [2.45, 2.75) is 31.1 Å². The number of rotatable bonds is 10. The Morgan fingerprint density at radius 1 is 1.20 bits per heavy atom. The fourth-order valence-electron chi connectivity index (χ4n) is 3.35. The van der Waals surface area contributed by atoms with Gasteiger partial charge in [-0.3, -0.25) is 9.10 Å². The second-order valence-corrected chi connectivity index (χ2v) is 9.77. The van der Waals surface area contributed by atoms with Gasteiger partial charge in [-0.15, -0.1) is 6.58 Å². The molecule has 0 unspecified atom stereocenters. The summed E-state index contributed by atoms with van der Waals surface area (Å²) in [6, 6.07) is 13.0. The third kappa shape index (κ3) is 5.05. The van der Waals surface area contributed by atoms with Crippen molar-refractivity contribution in [3.8, 4) is 0 Å². The first-order chi connectivity index (χ1) is 14.4. The van der Waals surface area contributed by atoms with Crippen molar-refractivity contribution in [3.63, 3.8) is 0 Å². The van der Waals surface area contributed by atoms with E-state index in [2.05, 4.69) is 6.58 Å². The van der Waals surface area contributed by atoms with E-state index in [0.717, 1.165) is 25.8 Å². The van der Waals surface area contributed by atoms with Crippen LogP contribution in [0, 0.1) is 5.92 Å². The molecule has 0 aliphatic heterocycles. The van der Waals surface area contributed by atoms with Crippen molar-refractivity contribution < 1.29 is 13.2 Å². The van der Waals surface area contributed by atoms with Gasteiger partial charge in [0, 0.05) is 18.7 Å². The molecule has 1 amide bonds. The Kier molecular flexibility index (Phi) is 7.21. The van der Waals surface area contributed by atoms with Gasteiger partial charge < -0.3 is 4.90 Å². The summed E-state index contributed by atoms with van der Waals surface area (Å²) in [4.78, 5) is 15.0. The second kappa shape index (κ2) is 9.67. The highest BCUT2D eigenvalue weighted by atomic mass is 35.5. The van der Waals surface area contributed by atoms with Gasteiger partial charge in [0.05, 0.1) is 22.2 Å². The third-order valence-corrected chi connectivity index (χ3v) is 7.14. The average molecular weight is 447 g/mol. The number of nitrogens with zero attached hydrogens (tertiary/aromatic N) is 2. The lowest BCUT2D eigenvalue weighted by Crippen LogP contribution is -2.34. The summed E-state index contributed by atoms with van der Waals surface area (Å²) >= 11 is 6.26. The molecule has 1 saturated carbocycles. The zero-order chi connectivity index (χ0) is 21.7. The Labute approximate surface area is 184 Å². The molecular formula is C23H27ClN2O3S. The molecule has 0 aromatic heterocycles. The topological polar surface area (TPSA) is 57.7 Å². The number of hydrogen-bond donors (Lipinski definition) is 0. The molecular weight excluding hydrogens is 420 g/mol. The van der Waals surface area contributed by atoms with Crippen molar-refractivity contribution in [1.29, 1.82) is 0 Å². The second-order valence-electron chi connectivity index (χ2n) is 7.50. The Morgan fingerprint density at radius 3 is 2.57 bits per heavy atom. The number of halogens is 1. The van der Waals surface area contributed by atoms with Gasteiger partial charge in [-0.2, -0.15) is 0 Å². The van der Waals surface area contributed by atoms with Crippen molar-refractivity contribution in [1.82, 2.24) is 4.90 Å². The van der Waals surface area contributed by atoms with Crippen molar-refractivity contribution in [2.24, 2.45) is 5.92 Å². The van der Waals surface area contributed by atoms with Gasteiger partial charge in [0.2, 0.25) is 0 Å². The van der Waals surface area contributed by atoms with E-state index in [9.17, 15) is 13.2 Å². The zero-order valence-electron chi connectivity index (χ0n) is 17.1. The van der Waals surface area contributed by atoms with Crippen LogP contribution in [0.1, 0.15) is 36.5 Å². The minimum Gasteiger partial charge on any atom is -0.338 e. The number of carbonyl (C=O) groups excluding carboxylic acids is 1. The maximum atomic E-state index is 13.4. The quantitative estimate of drug-likeness (QED) is 0.483. The molecule has 30 heavy (non-hydrogen) atoms. The highest BCUT2D eigenvalue weighted by Gasteiger charge is 2.29. The van der Waals surface area contributed by atoms with Crippen LogP contribution in [0.3, 0.4) is 0 Å². The SMILES string of the molecule is C=CCN(c1ccccc1Cl)S(=O)(=O)c1cccc(C(=O)N(CCC)CC2CC2)c1. The van der Waals surface area contributed by atoms with E-state index in [4.69, 9.17) is 11.6 Å². The van der Waals surface area contributed by atoms with Crippen LogP contribution in [0.2, 0.25) is 5.02 Å². The molecule has 160 valence electrons. The van der Waals surface area contributed by atoms with E-state index < -0.39 is 10.0 Å². The Morgan fingerprint density at radius 2 is 1.93 bits per heavy atom. The number of hydrogen-bond acceptors (Lipinski definition) is 3. The molecule has 7 heteroatoms. The van der Waals surface area contributed by atoms with Crippen LogP contribution >= 0.6 is 11.6 Å². The van der Waals surface area contributed by atoms with Gasteiger partial charge in [-0.1, -0.05) is 42.8 Å². The molecule has 0 saturated heterocycles. The van der Waals surface area contributed by atoms with Crippen LogP contribution in [0.25, 0.3) is 0 Å². The number of anilines is 1. The summed E-state index contributed by atoms with van der Waals surface area (Å²) in [7, 11) is -3.94. The first-order valence-electron chi connectivity index (χ1n) is 10.2. The van der Waals surface area contributed by atoms with Gasteiger partial charge in [-0.05, 0) is 55.5 Å². The minimum atomic E-state index is -3.94. The Balaban J connectivity index is 1.95. The molecule has 2 aromatic carbocycles. The van der Waals surface area contributed by atoms with Crippen LogP contribution in [0.4, 0.5) is 5.69 Å². The predicted molar refractivity (Wildman–Crippen MR) is 122 cm³/mol. The molecule has 0 bridgehead atoms. The largest absolute Gasteiger partial charge is 0.338 e. The van der Waals surface area contributed by atoms with Crippen molar-refractivity contribution in [2.75, 3.05) is 23.9 Å². The van der Waals surface area contributed by atoms with E-state index >= 15 is 0 Å². The molecule has 0 atom stereocenters. The molecule has 1 aliphatic rings. The number of para-hydroxylation sites is 1. The summed E-state index contributed by atoms with van der Waals surface area (Å²) in [6.07, 6.45) is 4.66. The molecule has 0 spiro atoms. The minimum absolute atomic E-state index is 0.0537. The molecule has 1 fully saturated rings. The summed E-state index contributed by atoms with van der Waals surface area (Å²) in [5, 5.41) is 0.328. The van der Waals surface area contributed by atoms with E-state index in [1.807, 2.05) is 11.8 Å². The molecule has 0 N–H and O–H groups in total. The maximum absolute atomic E-state index is 13.4. The molecule has 3 rings (SSSR count). The molecule has 2 aromatic rings. The zero-order valence-corrected chi connectivity index (χ0v) is 18.7. The monoisotopic (exact) mass is 446 g/mol. The van der Waals surface area contributed by atoms with Crippen LogP contribution in [-0.2, 0) is 10.0 Å². The van der Waals surface area contributed by atoms with Gasteiger partial charge in [0.15, 0.2) is 0 Å².